The Bertz CT molecular complexity index is 353. The first-order valence-electron chi connectivity index (χ1n) is 5.53. The molecule has 1 saturated heterocycles. The normalized spacial score (nSPS) is 20.7. The molecule has 1 aromatic rings. The van der Waals surface area contributed by atoms with E-state index in [0.29, 0.717) is 12.2 Å². The highest BCUT2D eigenvalue weighted by molar-refractivity contribution is 8.07. The zero-order chi connectivity index (χ0) is 11.4. The van der Waals surface area contributed by atoms with Crippen LogP contribution in [0.15, 0.2) is 24.3 Å². The minimum atomic E-state index is 0.222. The van der Waals surface area contributed by atoms with Crippen LogP contribution in [0.4, 0.5) is 0 Å². The number of Topliss-reactive ketones (excluding diaryl/α,β-unsaturated/α-hetero) is 1. The predicted octanol–water partition coefficient (Wildman–Crippen LogP) is 2.96. The lowest BCUT2D eigenvalue weighted by molar-refractivity contribution is -0.117. The zero-order valence-corrected chi connectivity index (χ0v) is 11.1. The van der Waals surface area contributed by atoms with Gasteiger partial charge in [-0.25, -0.2) is 0 Å². The molecule has 3 heteroatoms. The van der Waals surface area contributed by atoms with Gasteiger partial charge in [0.1, 0.15) is 0 Å². The zero-order valence-electron chi connectivity index (χ0n) is 9.44. The molecule has 2 rings (SSSR count). The number of hydrogen-bond acceptors (Lipinski definition) is 3. The third-order valence-electron chi connectivity index (χ3n) is 2.67. The highest BCUT2D eigenvalue weighted by Crippen LogP contribution is 2.25. The maximum absolute atomic E-state index is 12.0. The molecule has 0 amide bonds. The van der Waals surface area contributed by atoms with Crippen molar-refractivity contribution in [1.82, 2.24) is 0 Å². The SMILES string of the molecule is Cc1ccc(CC(=O)C2CSCCS2)cc1. The second-order valence-electron chi connectivity index (χ2n) is 4.06. The molecule has 0 saturated carbocycles. The second-order valence-corrected chi connectivity index (χ2v) is 6.52. The van der Waals surface area contributed by atoms with E-state index in [1.807, 2.05) is 23.5 Å². The number of ketones is 1. The average molecular weight is 252 g/mol. The molecule has 1 nitrogen and oxygen atoms in total. The molecule has 16 heavy (non-hydrogen) atoms. The van der Waals surface area contributed by atoms with Crippen LogP contribution in [-0.4, -0.2) is 28.3 Å². The number of aryl methyl sites for hydroxylation is 1. The smallest absolute Gasteiger partial charge is 0.151 e. The van der Waals surface area contributed by atoms with Crippen molar-refractivity contribution >= 4 is 29.3 Å². The number of rotatable bonds is 3. The van der Waals surface area contributed by atoms with Crippen molar-refractivity contribution in [2.45, 2.75) is 18.6 Å². The lowest BCUT2D eigenvalue weighted by atomic mass is 10.1. The summed E-state index contributed by atoms with van der Waals surface area (Å²) in [6.45, 7) is 2.07. The summed E-state index contributed by atoms with van der Waals surface area (Å²) in [5.74, 6) is 3.70. The predicted molar refractivity (Wildman–Crippen MR) is 73.5 cm³/mol. The average Bonchev–Trinajstić information content (AvgIpc) is 2.33. The molecule has 1 fully saturated rings. The molecule has 1 heterocycles. The van der Waals surface area contributed by atoms with Crippen molar-refractivity contribution < 1.29 is 4.79 Å². The van der Waals surface area contributed by atoms with Gasteiger partial charge in [-0.1, -0.05) is 29.8 Å². The molecule has 1 aliphatic heterocycles. The third-order valence-corrected chi connectivity index (χ3v) is 5.48. The Labute approximate surface area is 105 Å². The van der Waals surface area contributed by atoms with Gasteiger partial charge < -0.3 is 0 Å². The number of thioether (sulfide) groups is 2. The van der Waals surface area contributed by atoms with Gasteiger partial charge in [-0.2, -0.15) is 11.8 Å². The Morgan fingerprint density at radius 2 is 2.06 bits per heavy atom. The first kappa shape index (κ1) is 12.1. The topological polar surface area (TPSA) is 17.1 Å². The van der Waals surface area contributed by atoms with Crippen LogP contribution in [0.2, 0.25) is 0 Å². The summed E-state index contributed by atoms with van der Waals surface area (Å²) >= 11 is 3.73. The molecule has 1 aliphatic rings. The molecular formula is C13H16OS2. The van der Waals surface area contributed by atoms with E-state index in [-0.39, 0.29) is 5.25 Å². The van der Waals surface area contributed by atoms with Crippen LogP contribution in [0.1, 0.15) is 11.1 Å². The Morgan fingerprint density at radius 1 is 1.31 bits per heavy atom. The number of hydrogen-bond donors (Lipinski definition) is 0. The Hall–Kier alpha value is -0.410. The van der Waals surface area contributed by atoms with E-state index in [0.717, 1.165) is 17.1 Å². The first-order chi connectivity index (χ1) is 7.75. The largest absolute Gasteiger partial charge is 0.298 e. The third kappa shape index (κ3) is 3.29. The van der Waals surface area contributed by atoms with Gasteiger partial charge in [-0.15, -0.1) is 11.8 Å². The Morgan fingerprint density at radius 3 is 2.69 bits per heavy atom. The molecule has 0 aliphatic carbocycles. The van der Waals surface area contributed by atoms with Crippen molar-refractivity contribution in [1.29, 1.82) is 0 Å². The summed E-state index contributed by atoms with van der Waals surface area (Å²) in [5.41, 5.74) is 2.39. The summed E-state index contributed by atoms with van der Waals surface area (Å²) in [6, 6.07) is 8.28. The van der Waals surface area contributed by atoms with Crippen LogP contribution in [0.5, 0.6) is 0 Å². The van der Waals surface area contributed by atoms with Crippen LogP contribution < -0.4 is 0 Å². The lowest BCUT2D eigenvalue weighted by Gasteiger charge is -2.19. The van der Waals surface area contributed by atoms with Crippen molar-refractivity contribution in [2.75, 3.05) is 17.3 Å². The standard InChI is InChI=1S/C13H16OS2/c1-10-2-4-11(5-3-10)8-12(14)13-9-15-6-7-16-13/h2-5,13H,6-9H2,1H3. The molecule has 1 aromatic carbocycles. The summed E-state index contributed by atoms with van der Waals surface area (Å²) in [6.07, 6.45) is 0.596. The van der Waals surface area contributed by atoms with Crippen molar-refractivity contribution in [3.05, 3.63) is 35.4 Å². The van der Waals surface area contributed by atoms with Gasteiger partial charge in [0.15, 0.2) is 5.78 Å². The van der Waals surface area contributed by atoms with Gasteiger partial charge in [0, 0.05) is 23.7 Å². The van der Waals surface area contributed by atoms with Crippen molar-refractivity contribution in [3.63, 3.8) is 0 Å². The summed E-state index contributed by atoms with van der Waals surface area (Å²) in [7, 11) is 0. The number of carbonyl (C=O) groups excluding carboxylic acids is 1. The van der Waals surface area contributed by atoms with Crippen molar-refractivity contribution in [3.8, 4) is 0 Å². The number of carbonyl (C=O) groups is 1. The van der Waals surface area contributed by atoms with E-state index in [4.69, 9.17) is 0 Å². The second kappa shape index (κ2) is 5.78. The van der Waals surface area contributed by atoms with Crippen LogP contribution >= 0.6 is 23.5 Å². The van der Waals surface area contributed by atoms with E-state index >= 15 is 0 Å². The fraction of sp³-hybridized carbons (Fsp3) is 0.462. The fourth-order valence-corrected chi connectivity index (χ4v) is 4.34. The van der Waals surface area contributed by atoms with Gasteiger partial charge >= 0.3 is 0 Å². The minimum absolute atomic E-state index is 0.222. The maximum Gasteiger partial charge on any atom is 0.151 e. The number of benzene rings is 1. The van der Waals surface area contributed by atoms with Gasteiger partial charge in [0.25, 0.3) is 0 Å². The molecular weight excluding hydrogens is 236 g/mol. The van der Waals surface area contributed by atoms with E-state index in [1.54, 1.807) is 0 Å². The van der Waals surface area contributed by atoms with Gasteiger partial charge in [-0.3, -0.25) is 4.79 Å². The summed E-state index contributed by atoms with van der Waals surface area (Å²) < 4.78 is 0. The lowest BCUT2D eigenvalue weighted by Crippen LogP contribution is -2.25. The molecule has 1 unspecified atom stereocenters. The highest BCUT2D eigenvalue weighted by Gasteiger charge is 2.21. The van der Waals surface area contributed by atoms with Crippen molar-refractivity contribution in [2.24, 2.45) is 0 Å². The Kier molecular flexibility index (Phi) is 4.36. The molecule has 0 bridgehead atoms. The molecule has 0 radical (unpaired) electrons. The van der Waals surface area contributed by atoms with Gasteiger partial charge in [0.2, 0.25) is 0 Å². The highest BCUT2D eigenvalue weighted by atomic mass is 32.2. The molecule has 0 spiro atoms. The molecule has 0 N–H and O–H groups in total. The van der Waals surface area contributed by atoms with E-state index in [2.05, 4.69) is 31.2 Å². The van der Waals surface area contributed by atoms with Gasteiger partial charge in [-0.05, 0) is 12.5 Å². The van der Waals surface area contributed by atoms with Crippen LogP contribution in [0.3, 0.4) is 0 Å². The quantitative estimate of drug-likeness (QED) is 0.823. The fourth-order valence-electron chi connectivity index (χ4n) is 1.69. The first-order valence-corrected chi connectivity index (χ1v) is 7.73. The molecule has 1 atom stereocenters. The molecule has 86 valence electrons. The summed E-state index contributed by atoms with van der Waals surface area (Å²) in [5, 5.41) is 0.222. The monoisotopic (exact) mass is 252 g/mol. The van der Waals surface area contributed by atoms with E-state index in [9.17, 15) is 4.79 Å². The van der Waals surface area contributed by atoms with Crippen LogP contribution in [0, 0.1) is 6.92 Å². The summed E-state index contributed by atoms with van der Waals surface area (Å²) in [4.78, 5) is 12.0. The Balaban J connectivity index is 1.93. The van der Waals surface area contributed by atoms with E-state index < -0.39 is 0 Å². The van der Waals surface area contributed by atoms with Gasteiger partial charge in [0.05, 0.1) is 5.25 Å². The van der Waals surface area contributed by atoms with Crippen LogP contribution in [0.25, 0.3) is 0 Å². The maximum atomic E-state index is 12.0. The van der Waals surface area contributed by atoms with Crippen LogP contribution in [-0.2, 0) is 11.2 Å². The molecule has 0 aromatic heterocycles. The van der Waals surface area contributed by atoms with E-state index in [1.165, 1.54) is 11.3 Å². The minimum Gasteiger partial charge on any atom is -0.298 e.